The average molecular weight is 145 g/mol. The highest BCUT2D eigenvalue weighted by atomic mass is 35.5. The largest absolute Gasteiger partial charge is 0.426 e. The lowest BCUT2D eigenvalue weighted by Gasteiger charge is -1.93. The van der Waals surface area contributed by atoms with Gasteiger partial charge in [-0.05, 0) is 12.8 Å². The molecule has 4 heteroatoms. The third kappa shape index (κ3) is 0.721. The molecule has 1 aliphatic carbocycles. The van der Waals surface area contributed by atoms with Crippen LogP contribution in [0, 0.1) is 0 Å². The van der Waals surface area contributed by atoms with Crippen LogP contribution in [0.3, 0.4) is 0 Å². The summed E-state index contributed by atoms with van der Waals surface area (Å²) in [5.74, 6) is 0.559. The van der Waals surface area contributed by atoms with E-state index in [1.54, 1.807) is 0 Å². The SMILES string of the molecule is ClC1(c2nnco2)CC1. The number of nitrogens with zero attached hydrogens (tertiary/aromatic N) is 2. The molecule has 1 aromatic rings. The van der Waals surface area contributed by atoms with Crippen molar-refractivity contribution in [1.29, 1.82) is 0 Å². The van der Waals surface area contributed by atoms with Crippen LogP contribution < -0.4 is 0 Å². The maximum absolute atomic E-state index is 5.91. The standard InChI is InChI=1S/C5H5ClN2O/c6-5(1-2-5)4-8-7-3-9-4/h3H,1-2H2. The Kier molecular flexibility index (Phi) is 0.858. The Bertz CT molecular complexity index is 205. The van der Waals surface area contributed by atoms with Crippen molar-refractivity contribution >= 4 is 11.6 Å². The van der Waals surface area contributed by atoms with Gasteiger partial charge in [0.25, 0.3) is 0 Å². The first kappa shape index (κ1) is 5.23. The third-order valence-corrected chi connectivity index (χ3v) is 1.97. The molecule has 0 saturated heterocycles. The van der Waals surface area contributed by atoms with Gasteiger partial charge in [0.1, 0.15) is 4.87 Å². The van der Waals surface area contributed by atoms with Crippen molar-refractivity contribution in [2.75, 3.05) is 0 Å². The van der Waals surface area contributed by atoms with Crippen molar-refractivity contribution in [3.05, 3.63) is 12.3 Å². The molecule has 0 N–H and O–H groups in total. The molecule has 0 radical (unpaired) electrons. The molecule has 1 aliphatic rings. The normalized spacial score (nSPS) is 21.9. The number of rotatable bonds is 1. The second-order valence-electron chi connectivity index (χ2n) is 2.21. The fraction of sp³-hybridized carbons (Fsp3) is 0.600. The smallest absolute Gasteiger partial charge is 0.237 e. The van der Waals surface area contributed by atoms with Crippen molar-refractivity contribution in [3.63, 3.8) is 0 Å². The monoisotopic (exact) mass is 144 g/mol. The van der Waals surface area contributed by atoms with E-state index in [-0.39, 0.29) is 4.87 Å². The molecule has 1 fully saturated rings. The van der Waals surface area contributed by atoms with Gasteiger partial charge < -0.3 is 4.42 Å². The van der Waals surface area contributed by atoms with Gasteiger partial charge in [-0.15, -0.1) is 21.8 Å². The zero-order chi connectivity index (χ0) is 6.32. The average Bonchev–Trinajstić information content (AvgIpc) is 2.46. The Morgan fingerprint density at radius 2 is 2.44 bits per heavy atom. The molecule has 0 aliphatic heterocycles. The molecule has 0 atom stereocenters. The highest BCUT2D eigenvalue weighted by Gasteiger charge is 2.47. The number of aromatic nitrogens is 2. The van der Waals surface area contributed by atoms with E-state index < -0.39 is 0 Å². The molecule has 1 aromatic heterocycles. The van der Waals surface area contributed by atoms with E-state index in [9.17, 15) is 0 Å². The van der Waals surface area contributed by atoms with Crippen LogP contribution in [0.15, 0.2) is 10.8 Å². The maximum Gasteiger partial charge on any atom is 0.237 e. The highest BCUT2D eigenvalue weighted by molar-refractivity contribution is 6.25. The summed E-state index contributed by atoms with van der Waals surface area (Å²) >= 11 is 5.91. The summed E-state index contributed by atoms with van der Waals surface area (Å²) in [6, 6.07) is 0. The fourth-order valence-corrected chi connectivity index (χ4v) is 0.869. The Labute approximate surface area is 57.0 Å². The number of alkyl halides is 1. The maximum atomic E-state index is 5.91. The Morgan fingerprint density at radius 3 is 2.89 bits per heavy atom. The summed E-state index contributed by atoms with van der Waals surface area (Å²) < 4.78 is 4.91. The van der Waals surface area contributed by atoms with E-state index in [0.717, 1.165) is 12.8 Å². The molecule has 9 heavy (non-hydrogen) atoms. The molecule has 0 amide bonds. The first-order valence-corrected chi connectivity index (χ1v) is 3.15. The minimum atomic E-state index is -0.295. The fourth-order valence-electron chi connectivity index (χ4n) is 0.692. The molecular weight excluding hydrogens is 140 g/mol. The zero-order valence-electron chi connectivity index (χ0n) is 4.67. The van der Waals surface area contributed by atoms with E-state index in [1.807, 2.05) is 0 Å². The minimum absolute atomic E-state index is 0.295. The summed E-state index contributed by atoms with van der Waals surface area (Å²) in [5, 5.41) is 7.23. The van der Waals surface area contributed by atoms with Crippen LogP contribution in [0.2, 0.25) is 0 Å². The second kappa shape index (κ2) is 1.48. The van der Waals surface area contributed by atoms with Crippen LogP contribution in [0.4, 0.5) is 0 Å². The van der Waals surface area contributed by atoms with E-state index in [1.165, 1.54) is 6.39 Å². The quantitative estimate of drug-likeness (QED) is 0.558. The zero-order valence-corrected chi connectivity index (χ0v) is 5.43. The summed E-state index contributed by atoms with van der Waals surface area (Å²) in [4.78, 5) is -0.295. The first-order chi connectivity index (χ1) is 4.31. The Morgan fingerprint density at radius 1 is 1.67 bits per heavy atom. The number of hydrogen-bond donors (Lipinski definition) is 0. The molecule has 0 aromatic carbocycles. The molecule has 3 nitrogen and oxygen atoms in total. The van der Waals surface area contributed by atoms with Crippen LogP contribution in [-0.4, -0.2) is 10.2 Å². The van der Waals surface area contributed by atoms with Gasteiger partial charge in [0.2, 0.25) is 12.3 Å². The lowest BCUT2D eigenvalue weighted by Crippen LogP contribution is -1.95. The topological polar surface area (TPSA) is 38.9 Å². The van der Waals surface area contributed by atoms with Gasteiger partial charge in [0.15, 0.2) is 0 Å². The van der Waals surface area contributed by atoms with E-state index >= 15 is 0 Å². The van der Waals surface area contributed by atoms with Gasteiger partial charge >= 0.3 is 0 Å². The lowest BCUT2D eigenvalue weighted by atomic mass is 10.4. The summed E-state index contributed by atoms with van der Waals surface area (Å²) in [6.07, 6.45) is 3.21. The molecule has 48 valence electrons. The minimum Gasteiger partial charge on any atom is -0.426 e. The van der Waals surface area contributed by atoms with Crippen molar-refractivity contribution in [2.45, 2.75) is 17.7 Å². The van der Waals surface area contributed by atoms with E-state index in [0.29, 0.717) is 5.89 Å². The summed E-state index contributed by atoms with van der Waals surface area (Å²) in [6.45, 7) is 0. The number of halogens is 1. The van der Waals surface area contributed by atoms with Gasteiger partial charge in [-0.2, -0.15) is 0 Å². The lowest BCUT2D eigenvalue weighted by molar-refractivity contribution is 0.482. The Hall–Kier alpha value is -0.570. The van der Waals surface area contributed by atoms with Crippen LogP contribution in [-0.2, 0) is 4.87 Å². The molecular formula is C5H5ClN2O. The van der Waals surface area contributed by atoms with Crippen LogP contribution in [0.5, 0.6) is 0 Å². The second-order valence-corrected chi connectivity index (χ2v) is 2.93. The van der Waals surface area contributed by atoms with E-state index in [4.69, 9.17) is 16.0 Å². The molecule has 1 heterocycles. The van der Waals surface area contributed by atoms with Gasteiger partial charge in [0, 0.05) is 0 Å². The summed E-state index contributed by atoms with van der Waals surface area (Å²) in [7, 11) is 0. The molecule has 2 rings (SSSR count). The molecule has 0 bridgehead atoms. The number of hydrogen-bond acceptors (Lipinski definition) is 3. The van der Waals surface area contributed by atoms with Gasteiger partial charge in [-0.25, -0.2) is 0 Å². The van der Waals surface area contributed by atoms with Crippen molar-refractivity contribution in [2.24, 2.45) is 0 Å². The molecule has 1 saturated carbocycles. The van der Waals surface area contributed by atoms with E-state index in [2.05, 4.69) is 10.2 Å². The highest BCUT2D eigenvalue weighted by Crippen LogP contribution is 2.50. The predicted octanol–water partition coefficient (Wildman–Crippen LogP) is 1.30. The first-order valence-electron chi connectivity index (χ1n) is 2.77. The molecule has 0 unspecified atom stereocenters. The van der Waals surface area contributed by atoms with Crippen LogP contribution in [0.1, 0.15) is 18.7 Å². The van der Waals surface area contributed by atoms with Crippen molar-refractivity contribution in [3.8, 4) is 0 Å². The Balaban J connectivity index is 2.34. The van der Waals surface area contributed by atoms with Gasteiger partial charge in [0.05, 0.1) is 0 Å². The predicted molar refractivity (Wildman–Crippen MR) is 31.1 cm³/mol. The van der Waals surface area contributed by atoms with Crippen LogP contribution >= 0.6 is 11.6 Å². The van der Waals surface area contributed by atoms with Crippen molar-refractivity contribution < 1.29 is 4.42 Å². The third-order valence-electron chi connectivity index (χ3n) is 1.43. The van der Waals surface area contributed by atoms with Gasteiger partial charge in [-0.3, -0.25) is 0 Å². The van der Waals surface area contributed by atoms with Crippen molar-refractivity contribution in [1.82, 2.24) is 10.2 Å². The van der Waals surface area contributed by atoms with Crippen LogP contribution in [0.25, 0.3) is 0 Å². The molecule has 0 spiro atoms. The summed E-state index contributed by atoms with van der Waals surface area (Å²) in [5.41, 5.74) is 0. The van der Waals surface area contributed by atoms with Gasteiger partial charge in [-0.1, -0.05) is 0 Å².